The van der Waals surface area contributed by atoms with Gasteiger partial charge in [0.25, 0.3) is 5.56 Å². The second-order valence-electron chi connectivity index (χ2n) is 9.80. The minimum Gasteiger partial charge on any atom is -0.459 e. The fraction of sp³-hybridized carbons (Fsp3) is 0.286. The molecule has 0 radical (unpaired) electrons. The highest BCUT2D eigenvalue weighted by atomic mass is 19.4. The number of nitrogens with zero attached hydrogens (tertiary/aromatic N) is 1. The quantitative estimate of drug-likeness (QED) is 0.374. The summed E-state index contributed by atoms with van der Waals surface area (Å²) in [6.45, 7) is 4.51. The van der Waals surface area contributed by atoms with Gasteiger partial charge in [0.2, 0.25) is 0 Å². The summed E-state index contributed by atoms with van der Waals surface area (Å²) in [6.07, 6.45) is -4.49. The van der Waals surface area contributed by atoms with Gasteiger partial charge in [0.05, 0.1) is 0 Å². The van der Waals surface area contributed by atoms with Crippen LogP contribution in [0.4, 0.5) is 29.3 Å². The van der Waals surface area contributed by atoms with Gasteiger partial charge in [0.1, 0.15) is 24.4 Å². The van der Waals surface area contributed by atoms with E-state index in [1.807, 2.05) is 6.07 Å². The zero-order valence-electron chi connectivity index (χ0n) is 22.0. The van der Waals surface area contributed by atoms with Crippen LogP contribution in [0.1, 0.15) is 37.5 Å². The molecule has 0 spiro atoms. The number of halogens is 3. The van der Waals surface area contributed by atoms with E-state index in [4.69, 9.17) is 9.47 Å². The number of esters is 1. The van der Waals surface area contributed by atoms with Crippen LogP contribution in [-0.2, 0) is 38.6 Å². The van der Waals surface area contributed by atoms with Gasteiger partial charge in [-0.2, -0.15) is 13.2 Å². The van der Waals surface area contributed by atoms with Gasteiger partial charge < -0.3 is 19.4 Å². The number of pyridine rings is 1. The molecule has 12 heteroatoms. The summed E-state index contributed by atoms with van der Waals surface area (Å²) in [5, 5.41) is 4.18. The van der Waals surface area contributed by atoms with Gasteiger partial charge in [0, 0.05) is 11.9 Å². The molecule has 2 amide bonds. The Balaban J connectivity index is 1.86. The van der Waals surface area contributed by atoms with Crippen LogP contribution in [0.2, 0.25) is 0 Å². The van der Waals surface area contributed by atoms with E-state index < -0.39 is 41.9 Å². The standard InChI is InChI=1S/C28H28F3N3O6/c1-27(2,3)40-23(35)16-34-15-20(12-19-10-7-11-21(13-19)32-25(37)28(29,30)31)14-22(24(34)36)33-26(38)39-17-18-8-5-4-6-9-18/h4-11,13-15H,12,16-17H2,1-3H3,(H,32,37)(H,33,38). The Labute approximate surface area is 227 Å². The number of hydrogen-bond donors (Lipinski definition) is 2. The van der Waals surface area contributed by atoms with Crippen molar-refractivity contribution in [2.24, 2.45) is 0 Å². The summed E-state index contributed by atoms with van der Waals surface area (Å²) >= 11 is 0. The number of ether oxygens (including phenoxy) is 2. The summed E-state index contributed by atoms with van der Waals surface area (Å²) in [6, 6.07) is 15.9. The summed E-state index contributed by atoms with van der Waals surface area (Å²) in [7, 11) is 0. The van der Waals surface area contributed by atoms with Gasteiger partial charge in [-0.25, -0.2) is 4.79 Å². The molecule has 0 fully saturated rings. The molecule has 0 aliphatic rings. The van der Waals surface area contributed by atoms with Crippen LogP contribution in [0.5, 0.6) is 0 Å². The third-order valence-corrected chi connectivity index (χ3v) is 5.16. The first-order valence-electron chi connectivity index (χ1n) is 12.1. The number of hydrogen-bond acceptors (Lipinski definition) is 6. The molecule has 1 aromatic heterocycles. The highest BCUT2D eigenvalue weighted by Gasteiger charge is 2.38. The maximum atomic E-state index is 13.1. The Morgan fingerprint density at radius 3 is 2.20 bits per heavy atom. The average molecular weight is 560 g/mol. The van der Waals surface area contributed by atoms with Crippen LogP contribution in [0, 0.1) is 0 Å². The van der Waals surface area contributed by atoms with E-state index >= 15 is 0 Å². The molecule has 0 unspecified atom stereocenters. The van der Waals surface area contributed by atoms with Crippen molar-refractivity contribution >= 4 is 29.3 Å². The molecule has 3 rings (SSSR count). The molecule has 0 saturated heterocycles. The Kier molecular flexibility index (Phi) is 9.35. The predicted molar refractivity (Wildman–Crippen MR) is 141 cm³/mol. The molecule has 0 saturated carbocycles. The molecular weight excluding hydrogens is 531 g/mol. The zero-order chi connectivity index (χ0) is 29.5. The molecule has 0 atom stereocenters. The number of alkyl halides is 3. The predicted octanol–water partition coefficient (Wildman–Crippen LogP) is 5.03. The van der Waals surface area contributed by atoms with Gasteiger partial charge in [-0.05, 0) is 62.1 Å². The fourth-order valence-electron chi connectivity index (χ4n) is 3.58. The van der Waals surface area contributed by atoms with Gasteiger partial charge in [-0.1, -0.05) is 42.5 Å². The fourth-order valence-corrected chi connectivity index (χ4v) is 3.58. The number of carbonyl (C=O) groups excluding carboxylic acids is 3. The van der Waals surface area contributed by atoms with Gasteiger partial charge in [0.15, 0.2) is 0 Å². The third-order valence-electron chi connectivity index (χ3n) is 5.16. The molecular formula is C28H28F3N3O6. The number of carbonyl (C=O) groups is 3. The van der Waals surface area contributed by atoms with Gasteiger partial charge >= 0.3 is 24.1 Å². The van der Waals surface area contributed by atoms with Crippen LogP contribution >= 0.6 is 0 Å². The SMILES string of the molecule is CC(C)(C)OC(=O)Cn1cc(Cc2cccc(NC(=O)C(F)(F)F)c2)cc(NC(=O)OCc2ccccc2)c1=O. The zero-order valence-corrected chi connectivity index (χ0v) is 22.0. The second kappa shape index (κ2) is 12.5. The molecule has 40 heavy (non-hydrogen) atoms. The van der Waals surface area contributed by atoms with E-state index in [9.17, 15) is 32.3 Å². The van der Waals surface area contributed by atoms with Crippen LogP contribution < -0.4 is 16.2 Å². The van der Waals surface area contributed by atoms with Crippen LogP contribution in [0.3, 0.4) is 0 Å². The first kappa shape index (κ1) is 29.9. The molecule has 2 N–H and O–H groups in total. The highest BCUT2D eigenvalue weighted by molar-refractivity contribution is 5.95. The Morgan fingerprint density at radius 2 is 1.55 bits per heavy atom. The lowest BCUT2D eigenvalue weighted by Crippen LogP contribution is -2.32. The molecule has 9 nitrogen and oxygen atoms in total. The van der Waals surface area contributed by atoms with E-state index in [0.29, 0.717) is 11.1 Å². The minimum atomic E-state index is -5.05. The maximum absolute atomic E-state index is 13.1. The number of nitrogens with one attached hydrogen (secondary N) is 2. The van der Waals surface area contributed by atoms with Crippen molar-refractivity contribution < 1.29 is 37.0 Å². The summed E-state index contributed by atoms with van der Waals surface area (Å²) in [5.41, 5.74) is -0.114. The van der Waals surface area contributed by atoms with Crippen molar-refractivity contribution in [1.29, 1.82) is 0 Å². The Bertz CT molecular complexity index is 1430. The Morgan fingerprint density at radius 1 is 0.875 bits per heavy atom. The maximum Gasteiger partial charge on any atom is 0.471 e. The van der Waals surface area contributed by atoms with E-state index in [0.717, 1.165) is 10.1 Å². The van der Waals surface area contributed by atoms with Crippen molar-refractivity contribution in [1.82, 2.24) is 4.57 Å². The van der Waals surface area contributed by atoms with Crippen LogP contribution in [0.15, 0.2) is 71.7 Å². The van der Waals surface area contributed by atoms with Crippen molar-refractivity contribution in [3.8, 4) is 0 Å². The average Bonchev–Trinajstić information content (AvgIpc) is 2.84. The van der Waals surface area contributed by atoms with Crippen LogP contribution in [-0.4, -0.2) is 34.3 Å². The normalized spacial score (nSPS) is 11.4. The molecule has 0 aliphatic heterocycles. The summed E-state index contributed by atoms with van der Waals surface area (Å²) in [5.74, 6) is -2.81. The number of rotatable bonds is 8. The third kappa shape index (κ3) is 9.29. The first-order chi connectivity index (χ1) is 18.7. The highest BCUT2D eigenvalue weighted by Crippen LogP contribution is 2.21. The lowest BCUT2D eigenvalue weighted by molar-refractivity contribution is -0.167. The van der Waals surface area contributed by atoms with E-state index in [-0.39, 0.29) is 24.4 Å². The summed E-state index contributed by atoms with van der Waals surface area (Å²) < 4.78 is 49.5. The van der Waals surface area contributed by atoms with Crippen LogP contribution in [0.25, 0.3) is 0 Å². The largest absolute Gasteiger partial charge is 0.471 e. The topological polar surface area (TPSA) is 116 Å². The molecule has 2 aromatic carbocycles. The van der Waals surface area contributed by atoms with Gasteiger partial charge in [-0.15, -0.1) is 0 Å². The smallest absolute Gasteiger partial charge is 0.459 e. The monoisotopic (exact) mass is 559 g/mol. The Hall–Kier alpha value is -4.61. The van der Waals surface area contributed by atoms with E-state index in [1.54, 1.807) is 56.4 Å². The van der Waals surface area contributed by atoms with Crippen molar-refractivity contribution in [2.45, 2.75) is 52.1 Å². The molecule has 0 bridgehead atoms. The number of aromatic nitrogens is 1. The lowest BCUT2D eigenvalue weighted by Gasteiger charge is -2.20. The van der Waals surface area contributed by atoms with Crippen molar-refractivity contribution in [3.63, 3.8) is 0 Å². The second-order valence-corrected chi connectivity index (χ2v) is 9.80. The van der Waals surface area contributed by atoms with Crippen molar-refractivity contribution in [2.75, 3.05) is 10.6 Å². The minimum absolute atomic E-state index is 0.0467. The molecule has 212 valence electrons. The molecule has 1 heterocycles. The number of amides is 2. The summed E-state index contributed by atoms with van der Waals surface area (Å²) in [4.78, 5) is 49.3. The lowest BCUT2D eigenvalue weighted by atomic mass is 10.1. The first-order valence-corrected chi connectivity index (χ1v) is 12.1. The molecule has 0 aliphatic carbocycles. The molecule has 3 aromatic rings. The number of benzene rings is 2. The van der Waals surface area contributed by atoms with E-state index in [1.165, 1.54) is 30.5 Å². The number of anilines is 2. The van der Waals surface area contributed by atoms with E-state index in [2.05, 4.69) is 5.32 Å². The van der Waals surface area contributed by atoms with Gasteiger partial charge in [-0.3, -0.25) is 19.7 Å². The van der Waals surface area contributed by atoms with Crippen molar-refractivity contribution in [3.05, 3.63) is 93.9 Å².